The minimum absolute atomic E-state index is 0.672. The van der Waals surface area contributed by atoms with Gasteiger partial charge in [-0.25, -0.2) is 0 Å². The van der Waals surface area contributed by atoms with Gasteiger partial charge >= 0.3 is 0 Å². The van der Waals surface area contributed by atoms with Crippen molar-refractivity contribution in [2.45, 2.75) is 39.7 Å². The van der Waals surface area contributed by atoms with Gasteiger partial charge in [-0.2, -0.15) is 0 Å². The van der Waals surface area contributed by atoms with E-state index in [1.54, 1.807) is 0 Å². The standard InChI is InChI=1S/C11H23NO/c1-4-13-8-10(3)9(2)7-12-11-5-6-11/h9-12H,4-8H2,1-3H3. The fourth-order valence-corrected chi connectivity index (χ4v) is 1.31. The summed E-state index contributed by atoms with van der Waals surface area (Å²) in [6.07, 6.45) is 2.76. The molecule has 0 bridgehead atoms. The number of ether oxygens (including phenoxy) is 1. The molecule has 0 aromatic carbocycles. The van der Waals surface area contributed by atoms with Crippen LogP contribution in [-0.2, 0) is 4.74 Å². The maximum absolute atomic E-state index is 5.41. The molecule has 0 aromatic heterocycles. The number of nitrogens with one attached hydrogen (secondary N) is 1. The van der Waals surface area contributed by atoms with Gasteiger partial charge in [-0.05, 0) is 38.1 Å². The summed E-state index contributed by atoms with van der Waals surface area (Å²) >= 11 is 0. The van der Waals surface area contributed by atoms with E-state index in [4.69, 9.17) is 4.74 Å². The van der Waals surface area contributed by atoms with Gasteiger partial charge in [0.1, 0.15) is 0 Å². The van der Waals surface area contributed by atoms with Crippen LogP contribution in [0.4, 0.5) is 0 Å². The summed E-state index contributed by atoms with van der Waals surface area (Å²) < 4.78 is 5.41. The highest BCUT2D eigenvalue weighted by Crippen LogP contribution is 2.20. The van der Waals surface area contributed by atoms with E-state index in [1.807, 2.05) is 0 Å². The summed E-state index contributed by atoms with van der Waals surface area (Å²) in [5, 5.41) is 3.56. The lowest BCUT2D eigenvalue weighted by molar-refractivity contribution is 0.0962. The molecule has 0 heterocycles. The second-order valence-corrected chi connectivity index (χ2v) is 4.30. The Morgan fingerprint density at radius 3 is 2.54 bits per heavy atom. The van der Waals surface area contributed by atoms with Crippen LogP contribution in [0.25, 0.3) is 0 Å². The van der Waals surface area contributed by atoms with Crippen molar-refractivity contribution < 1.29 is 4.74 Å². The van der Waals surface area contributed by atoms with Crippen LogP contribution in [0.1, 0.15) is 33.6 Å². The molecule has 1 aliphatic carbocycles. The van der Waals surface area contributed by atoms with Crippen molar-refractivity contribution in [1.29, 1.82) is 0 Å². The third kappa shape index (κ3) is 4.63. The number of hydrogen-bond acceptors (Lipinski definition) is 2. The van der Waals surface area contributed by atoms with Gasteiger partial charge in [0.15, 0.2) is 0 Å². The van der Waals surface area contributed by atoms with Gasteiger partial charge in [0, 0.05) is 19.3 Å². The first-order valence-electron chi connectivity index (χ1n) is 5.55. The monoisotopic (exact) mass is 185 g/mol. The third-order valence-electron chi connectivity index (χ3n) is 2.86. The molecule has 2 unspecified atom stereocenters. The lowest BCUT2D eigenvalue weighted by Crippen LogP contribution is -2.28. The van der Waals surface area contributed by atoms with Crippen molar-refractivity contribution in [3.8, 4) is 0 Å². The Hall–Kier alpha value is -0.0800. The molecule has 0 spiro atoms. The average molecular weight is 185 g/mol. The van der Waals surface area contributed by atoms with Gasteiger partial charge in [-0.15, -0.1) is 0 Å². The normalized spacial score (nSPS) is 21.5. The number of rotatable bonds is 7. The lowest BCUT2D eigenvalue weighted by Gasteiger charge is -2.19. The Morgan fingerprint density at radius 1 is 1.31 bits per heavy atom. The molecule has 0 aromatic rings. The zero-order chi connectivity index (χ0) is 9.68. The highest BCUT2D eigenvalue weighted by molar-refractivity contribution is 4.81. The van der Waals surface area contributed by atoms with E-state index >= 15 is 0 Å². The van der Waals surface area contributed by atoms with Crippen LogP contribution in [0.3, 0.4) is 0 Å². The minimum atomic E-state index is 0.672. The summed E-state index contributed by atoms with van der Waals surface area (Å²) in [5.41, 5.74) is 0. The highest BCUT2D eigenvalue weighted by Gasteiger charge is 2.22. The summed E-state index contributed by atoms with van der Waals surface area (Å²) in [6.45, 7) is 9.53. The summed E-state index contributed by atoms with van der Waals surface area (Å²) in [7, 11) is 0. The predicted molar refractivity (Wildman–Crippen MR) is 55.8 cm³/mol. The van der Waals surface area contributed by atoms with E-state index in [0.29, 0.717) is 5.92 Å². The van der Waals surface area contributed by atoms with Crippen LogP contribution in [0, 0.1) is 11.8 Å². The highest BCUT2D eigenvalue weighted by atomic mass is 16.5. The first kappa shape index (κ1) is 11.0. The van der Waals surface area contributed by atoms with E-state index in [1.165, 1.54) is 12.8 Å². The molecule has 1 aliphatic rings. The van der Waals surface area contributed by atoms with Crippen molar-refractivity contribution in [2.24, 2.45) is 11.8 Å². The van der Waals surface area contributed by atoms with Crippen LogP contribution in [0.2, 0.25) is 0 Å². The average Bonchev–Trinajstić information content (AvgIpc) is 2.93. The molecule has 1 saturated carbocycles. The zero-order valence-corrected chi connectivity index (χ0v) is 9.18. The molecule has 0 radical (unpaired) electrons. The molecule has 13 heavy (non-hydrogen) atoms. The van der Waals surface area contributed by atoms with Crippen molar-refractivity contribution in [2.75, 3.05) is 19.8 Å². The fraction of sp³-hybridized carbons (Fsp3) is 1.00. The Kier molecular flexibility index (Phi) is 4.74. The molecule has 2 nitrogen and oxygen atoms in total. The molecule has 0 saturated heterocycles. The first-order valence-corrected chi connectivity index (χ1v) is 5.55. The molecule has 1 fully saturated rings. The Labute approximate surface area is 82.0 Å². The van der Waals surface area contributed by atoms with E-state index in [-0.39, 0.29) is 0 Å². The molecule has 2 atom stereocenters. The van der Waals surface area contributed by atoms with E-state index < -0.39 is 0 Å². The number of hydrogen-bond donors (Lipinski definition) is 1. The smallest absolute Gasteiger partial charge is 0.0494 e. The molecule has 0 amide bonds. The zero-order valence-electron chi connectivity index (χ0n) is 9.18. The molecule has 1 N–H and O–H groups in total. The van der Waals surface area contributed by atoms with Gasteiger partial charge in [-0.3, -0.25) is 0 Å². The largest absolute Gasteiger partial charge is 0.381 e. The second kappa shape index (κ2) is 5.61. The van der Waals surface area contributed by atoms with Gasteiger partial charge in [0.05, 0.1) is 0 Å². The van der Waals surface area contributed by atoms with Crippen LogP contribution in [0.15, 0.2) is 0 Å². The van der Waals surface area contributed by atoms with Crippen molar-refractivity contribution in [3.05, 3.63) is 0 Å². The Balaban J connectivity index is 2.01. The summed E-state index contributed by atoms with van der Waals surface area (Å²) in [6, 6.07) is 0.835. The van der Waals surface area contributed by atoms with Crippen LogP contribution in [-0.4, -0.2) is 25.8 Å². The summed E-state index contributed by atoms with van der Waals surface area (Å²) in [5.74, 6) is 1.40. The Morgan fingerprint density at radius 2 is 2.00 bits per heavy atom. The van der Waals surface area contributed by atoms with Gasteiger partial charge in [0.25, 0.3) is 0 Å². The third-order valence-corrected chi connectivity index (χ3v) is 2.86. The summed E-state index contributed by atoms with van der Waals surface area (Å²) in [4.78, 5) is 0. The molecule has 2 heteroatoms. The minimum Gasteiger partial charge on any atom is -0.381 e. The molecular formula is C11H23NO. The first-order chi connectivity index (χ1) is 6.24. The second-order valence-electron chi connectivity index (χ2n) is 4.30. The van der Waals surface area contributed by atoms with Crippen molar-refractivity contribution >= 4 is 0 Å². The van der Waals surface area contributed by atoms with Gasteiger partial charge in [0.2, 0.25) is 0 Å². The predicted octanol–water partition coefficient (Wildman–Crippen LogP) is 2.05. The van der Waals surface area contributed by atoms with E-state index in [2.05, 4.69) is 26.1 Å². The van der Waals surface area contributed by atoms with Gasteiger partial charge < -0.3 is 10.1 Å². The van der Waals surface area contributed by atoms with Crippen molar-refractivity contribution in [1.82, 2.24) is 5.32 Å². The van der Waals surface area contributed by atoms with E-state index in [9.17, 15) is 0 Å². The quantitative estimate of drug-likeness (QED) is 0.655. The SMILES string of the molecule is CCOCC(C)C(C)CNC1CC1. The molecule has 1 rings (SSSR count). The molecule has 0 aliphatic heterocycles. The van der Waals surface area contributed by atoms with E-state index in [0.717, 1.165) is 31.7 Å². The van der Waals surface area contributed by atoms with Crippen LogP contribution >= 0.6 is 0 Å². The Bertz CT molecular complexity index is 134. The van der Waals surface area contributed by atoms with Crippen LogP contribution in [0.5, 0.6) is 0 Å². The maximum Gasteiger partial charge on any atom is 0.0494 e. The lowest BCUT2D eigenvalue weighted by atomic mass is 9.97. The molecule has 78 valence electrons. The fourth-order valence-electron chi connectivity index (χ4n) is 1.31. The van der Waals surface area contributed by atoms with Crippen LogP contribution < -0.4 is 5.32 Å². The maximum atomic E-state index is 5.41. The van der Waals surface area contributed by atoms with Crippen molar-refractivity contribution in [3.63, 3.8) is 0 Å². The molecular weight excluding hydrogens is 162 g/mol. The topological polar surface area (TPSA) is 21.3 Å². The van der Waals surface area contributed by atoms with Gasteiger partial charge in [-0.1, -0.05) is 13.8 Å².